The van der Waals surface area contributed by atoms with E-state index in [1.54, 1.807) is 12.1 Å². The van der Waals surface area contributed by atoms with Crippen LogP contribution in [-0.2, 0) is 13.2 Å². The first-order valence-corrected chi connectivity index (χ1v) is 7.20. The second kappa shape index (κ2) is 6.62. The third kappa shape index (κ3) is 3.86. The van der Waals surface area contributed by atoms with Crippen LogP contribution in [0, 0.1) is 0 Å². The van der Waals surface area contributed by atoms with E-state index in [0.717, 1.165) is 21.3 Å². The lowest BCUT2D eigenvalue weighted by molar-refractivity contribution is 0.304. The Morgan fingerprint density at radius 2 is 1.74 bits per heavy atom. The molecule has 0 bridgehead atoms. The number of halogens is 3. The fraction of sp³-hybridized carbons (Fsp3) is 0.143. The van der Waals surface area contributed by atoms with Crippen LogP contribution in [0.1, 0.15) is 11.1 Å². The van der Waals surface area contributed by atoms with Gasteiger partial charge in [-0.15, -0.1) is 0 Å². The zero-order chi connectivity index (χ0) is 13.8. The maximum atomic E-state index is 5.96. The molecule has 19 heavy (non-hydrogen) atoms. The molecule has 0 amide bonds. The number of nitrogens with two attached hydrogens (primary N) is 1. The summed E-state index contributed by atoms with van der Waals surface area (Å²) in [5.74, 6) is 0.767. The summed E-state index contributed by atoms with van der Waals surface area (Å²) in [4.78, 5) is 0. The molecule has 0 unspecified atom stereocenters. The molecule has 0 aliphatic carbocycles. The van der Waals surface area contributed by atoms with Gasteiger partial charge in [-0.1, -0.05) is 35.3 Å². The van der Waals surface area contributed by atoms with Gasteiger partial charge in [0.2, 0.25) is 0 Å². The predicted octanol–water partition coefficient (Wildman–Crippen LogP) is 4.79. The van der Waals surface area contributed by atoms with Gasteiger partial charge in [-0.05, 0) is 51.3 Å². The van der Waals surface area contributed by atoms with E-state index >= 15 is 0 Å². The third-order valence-electron chi connectivity index (χ3n) is 2.61. The Labute approximate surface area is 130 Å². The highest BCUT2D eigenvalue weighted by molar-refractivity contribution is 9.10. The summed E-state index contributed by atoms with van der Waals surface area (Å²) in [5, 5.41) is 1.07. The molecule has 2 N–H and O–H groups in total. The van der Waals surface area contributed by atoms with Crippen LogP contribution in [0.5, 0.6) is 5.75 Å². The van der Waals surface area contributed by atoms with Gasteiger partial charge in [-0.25, -0.2) is 0 Å². The highest BCUT2D eigenvalue weighted by Gasteiger charge is 2.04. The molecule has 0 saturated heterocycles. The van der Waals surface area contributed by atoms with Crippen molar-refractivity contribution in [2.75, 3.05) is 0 Å². The smallest absolute Gasteiger partial charge is 0.134 e. The van der Waals surface area contributed by atoms with Crippen LogP contribution in [0.15, 0.2) is 40.9 Å². The summed E-state index contributed by atoms with van der Waals surface area (Å²) >= 11 is 15.3. The zero-order valence-corrected chi connectivity index (χ0v) is 13.1. The van der Waals surface area contributed by atoms with Crippen LogP contribution in [0.3, 0.4) is 0 Å². The first-order chi connectivity index (χ1) is 9.10. The molecule has 0 radical (unpaired) electrons. The van der Waals surface area contributed by atoms with Crippen LogP contribution in [-0.4, -0.2) is 0 Å². The molecule has 2 aromatic carbocycles. The number of rotatable bonds is 4. The molecule has 0 atom stereocenters. The Balaban J connectivity index is 2.07. The summed E-state index contributed by atoms with van der Waals surface area (Å²) < 4.78 is 6.61. The lowest BCUT2D eigenvalue weighted by Crippen LogP contribution is -1.99. The minimum Gasteiger partial charge on any atom is -0.488 e. The van der Waals surface area contributed by atoms with Gasteiger partial charge in [0.05, 0.1) is 14.5 Å². The van der Waals surface area contributed by atoms with Gasteiger partial charge in [0, 0.05) is 6.54 Å². The average Bonchev–Trinajstić information content (AvgIpc) is 2.41. The van der Waals surface area contributed by atoms with Crippen LogP contribution in [0.4, 0.5) is 0 Å². The van der Waals surface area contributed by atoms with E-state index in [2.05, 4.69) is 15.9 Å². The lowest BCUT2D eigenvalue weighted by Gasteiger charge is -2.10. The van der Waals surface area contributed by atoms with Crippen molar-refractivity contribution >= 4 is 39.1 Å². The number of hydrogen-bond acceptors (Lipinski definition) is 2. The molecular formula is C14H12BrCl2NO. The molecule has 0 aliphatic rings. The van der Waals surface area contributed by atoms with Crippen molar-refractivity contribution in [3.8, 4) is 5.75 Å². The van der Waals surface area contributed by atoms with Crippen LogP contribution in [0.2, 0.25) is 10.0 Å². The fourth-order valence-corrected chi connectivity index (χ4v) is 2.44. The Morgan fingerprint density at radius 1 is 1.00 bits per heavy atom. The quantitative estimate of drug-likeness (QED) is 0.850. The highest BCUT2D eigenvalue weighted by Crippen LogP contribution is 2.28. The zero-order valence-electron chi connectivity index (χ0n) is 10.00. The molecule has 2 aromatic rings. The first kappa shape index (κ1) is 14.7. The molecule has 2 nitrogen and oxygen atoms in total. The Bertz CT molecular complexity index is 590. The largest absolute Gasteiger partial charge is 0.488 e. The maximum Gasteiger partial charge on any atom is 0.134 e. The first-order valence-electron chi connectivity index (χ1n) is 5.65. The molecule has 0 saturated carbocycles. The minimum absolute atomic E-state index is 0.428. The molecule has 0 fully saturated rings. The monoisotopic (exact) mass is 359 g/mol. The molecule has 2 rings (SSSR count). The summed E-state index contributed by atoms with van der Waals surface area (Å²) in [6, 6.07) is 11.2. The lowest BCUT2D eigenvalue weighted by atomic mass is 10.2. The van der Waals surface area contributed by atoms with Gasteiger partial charge in [-0.2, -0.15) is 0 Å². The van der Waals surface area contributed by atoms with Gasteiger partial charge in [0.25, 0.3) is 0 Å². The van der Waals surface area contributed by atoms with Crippen molar-refractivity contribution in [1.82, 2.24) is 0 Å². The maximum absolute atomic E-state index is 5.96. The molecule has 5 heteroatoms. The SMILES string of the molecule is NCc1ccc(OCc2ccc(Cl)c(Cl)c2)c(Br)c1. The van der Waals surface area contributed by atoms with Crippen LogP contribution >= 0.6 is 39.1 Å². The van der Waals surface area contributed by atoms with Crippen molar-refractivity contribution in [1.29, 1.82) is 0 Å². The fourth-order valence-electron chi connectivity index (χ4n) is 1.58. The van der Waals surface area contributed by atoms with E-state index in [1.165, 1.54) is 0 Å². The number of benzene rings is 2. The van der Waals surface area contributed by atoms with Crippen LogP contribution in [0.25, 0.3) is 0 Å². The predicted molar refractivity (Wildman–Crippen MR) is 82.8 cm³/mol. The Kier molecular flexibility index (Phi) is 5.11. The van der Waals surface area contributed by atoms with E-state index in [4.69, 9.17) is 33.7 Å². The van der Waals surface area contributed by atoms with E-state index in [0.29, 0.717) is 23.2 Å². The third-order valence-corrected chi connectivity index (χ3v) is 3.97. The summed E-state index contributed by atoms with van der Waals surface area (Å²) in [6.07, 6.45) is 0. The standard InChI is InChI=1S/C14H12BrCl2NO/c15-11-5-9(7-18)2-4-14(11)19-8-10-1-3-12(16)13(17)6-10/h1-6H,7-8,18H2. The van der Waals surface area contributed by atoms with E-state index < -0.39 is 0 Å². The van der Waals surface area contributed by atoms with Crippen molar-refractivity contribution in [3.63, 3.8) is 0 Å². The molecular weight excluding hydrogens is 349 g/mol. The van der Waals surface area contributed by atoms with Gasteiger partial charge < -0.3 is 10.5 Å². The van der Waals surface area contributed by atoms with E-state index in [1.807, 2.05) is 24.3 Å². The second-order valence-corrected chi connectivity index (χ2v) is 5.67. The van der Waals surface area contributed by atoms with E-state index in [9.17, 15) is 0 Å². The highest BCUT2D eigenvalue weighted by atomic mass is 79.9. The average molecular weight is 361 g/mol. The number of hydrogen-bond donors (Lipinski definition) is 1. The van der Waals surface area contributed by atoms with Crippen molar-refractivity contribution < 1.29 is 4.74 Å². The molecule has 100 valence electrons. The van der Waals surface area contributed by atoms with Gasteiger partial charge in [0.1, 0.15) is 12.4 Å². The minimum atomic E-state index is 0.428. The normalized spacial score (nSPS) is 10.5. The number of ether oxygens (including phenoxy) is 1. The van der Waals surface area contributed by atoms with Gasteiger partial charge >= 0.3 is 0 Å². The topological polar surface area (TPSA) is 35.2 Å². The Morgan fingerprint density at radius 3 is 2.37 bits per heavy atom. The van der Waals surface area contributed by atoms with Crippen molar-refractivity contribution in [2.24, 2.45) is 5.73 Å². The summed E-state index contributed by atoms with van der Waals surface area (Å²) in [7, 11) is 0. The Hall–Kier alpha value is -0.740. The molecule has 0 heterocycles. The van der Waals surface area contributed by atoms with Crippen molar-refractivity contribution in [3.05, 3.63) is 62.0 Å². The van der Waals surface area contributed by atoms with Crippen molar-refractivity contribution in [2.45, 2.75) is 13.2 Å². The molecule has 0 aromatic heterocycles. The molecule has 0 spiro atoms. The van der Waals surface area contributed by atoms with Gasteiger partial charge in [-0.3, -0.25) is 0 Å². The van der Waals surface area contributed by atoms with Gasteiger partial charge in [0.15, 0.2) is 0 Å². The second-order valence-electron chi connectivity index (χ2n) is 4.01. The molecule has 0 aliphatic heterocycles. The summed E-state index contributed by atoms with van der Waals surface area (Å²) in [5.41, 5.74) is 7.59. The summed E-state index contributed by atoms with van der Waals surface area (Å²) in [6.45, 7) is 0.934. The van der Waals surface area contributed by atoms with E-state index in [-0.39, 0.29) is 0 Å². The van der Waals surface area contributed by atoms with Crippen LogP contribution < -0.4 is 10.5 Å².